The third-order valence-corrected chi connectivity index (χ3v) is 3.22. The van der Waals surface area contributed by atoms with Crippen LogP contribution in [0.15, 0.2) is 46.9 Å². The molecular formula is C16H16FN5O3. The highest BCUT2D eigenvalue weighted by Gasteiger charge is 2.20. The fraction of sp³-hybridized carbons (Fsp3) is 0.125. The van der Waals surface area contributed by atoms with Crippen LogP contribution in [-0.2, 0) is 16.1 Å². The molecule has 130 valence electrons. The van der Waals surface area contributed by atoms with Gasteiger partial charge in [-0.1, -0.05) is 12.1 Å². The van der Waals surface area contributed by atoms with Crippen LogP contribution in [0, 0.1) is 18.2 Å². The summed E-state index contributed by atoms with van der Waals surface area (Å²) in [7, 11) is 0. The first kappa shape index (κ1) is 17.9. The SMILES string of the molecule is Cc1cc(CNC(=O)C2=N/C(=C/C(=N)N)NC(C(=O)O)=C2)ccc1F. The number of aryl methyl sites for hydroxylation is 1. The van der Waals surface area contributed by atoms with Gasteiger partial charge in [0.2, 0.25) is 0 Å². The fourth-order valence-corrected chi connectivity index (χ4v) is 2.04. The summed E-state index contributed by atoms with van der Waals surface area (Å²) in [6.07, 6.45) is 2.16. The van der Waals surface area contributed by atoms with Gasteiger partial charge in [0.25, 0.3) is 5.91 Å². The minimum atomic E-state index is -1.29. The standard InChI is InChI=1S/C16H16FN5O3/c1-8-4-9(2-3-10(8)17)7-20-15(23)11-5-12(16(24)25)22-14(21-11)6-13(18)19/h2-6,22H,7H2,1H3,(H3,18,19)(H,20,23)(H,24,25)/b14-6-. The van der Waals surface area contributed by atoms with Gasteiger partial charge < -0.3 is 21.5 Å². The van der Waals surface area contributed by atoms with Gasteiger partial charge in [-0.05, 0) is 24.1 Å². The molecule has 2 rings (SSSR count). The minimum Gasteiger partial charge on any atom is -0.477 e. The molecule has 1 aromatic rings. The first-order valence-corrected chi connectivity index (χ1v) is 7.16. The van der Waals surface area contributed by atoms with Crippen LogP contribution in [0.4, 0.5) is 4.39 Å². The molecule has 0 unspecified atom stereocenters. The Hall–Kier alpha value is -3.49. The summed E-state index contributed by atoms with van der Waals surface area (Å²) in [6.45, 7) is 1.73. The number of hydrogen-bond acceptors (Lipinski definition) is 5. The van der Waals surface area contributed by atoms with Crippen LogP contribution in [0.1, 0.15) is 11.1 Å². The zero-order chi connectivity index (χ0) is 18.6. The van der Waals surface area contributed by atoms with Gasteiger partial charge >= 0.3 is 5.97 Å². The number of carbonyl (C=O) groups is 2. The Morgan fingerprint density at radius 3 is 2.80 bits per heavy atom. The Labute approximate surface area is 142 Å². The van der Waals surface area contributed by atoms with Crippen LogP contribution in [0.5, 0.6) is 0 Å². The van der Waals surface area contributed by atoms with Gasteiger partial charge in [0, 0.05) is 18.7 Å². The van der Waals surface area contributed by atoms with E-state index in [9.17, 15) is 14.0 Å². The molecule has 0 saturated carbocycles. The lowest BCUT2D eigenvalue weighted by atomic mass is 10.1. The van der Waals surface area contributed by atoms with Crippen LogP contribution < -0.4 is 16.4 Å². The Balaban J connectivity index is 2.17. The van der Waals surface area contributed by atoms with Crippen molar-refractivity contribution in [2.75, 3.05) is 0 Å². The van der Waals surface area contributed by atoms with Crippen molar-refractivity contribution in [1.29, 1.82) is 5.41 Å². The number of aliphatic imine (C=N–C) groups is 1. The van der Waals surface area contributed by atoms with Crippen LogP contribution in [0.2, 0.25) is 0 Å². The molecule has 1 aromatic carbocycles. The monoisotopic (exact) mass is 345 g/mol. The Morgan fingerprint density at radius 2 is 2.20 bits per heavy atom. The number of nitrogens with two attached hydrogens (primary N) is 1. The molecule has 1 aliphatic rings. The number of hydrogen-bond donors (Lipinski definition) is 5. The zero-order valence-corrected chi connectivity index (χ0v) is 13.3. The number of rotatable bonds is 5. The summed E-state index contributed by atoms with van der Waals surface area (Å²) in [5, 5.41) is 21.3. The predicted molar refractivity (Wildman–Crippen MR) is 89.3 cm³/mol. The first-order chi connectivity index (χ1) is 11.8. The molecule has 8 nitrogen and oxygen atoms in total. The summed E-state index contributed by atoms with van der Waals surface area (Å²) in [6, 6.07) is 4.43. The van der Waals surface area contributed by atoms with Crippen molar-refractivity contribution in [2.45, 2.75) is 13.5 Å². The average Bonchev–Trinajstić information content (AvgIpc) is 2.54. The van der Waals surface area contributed by atoms with Crippen LogP contribution >= 0.6 is 0 Å². The Bertz CT molecular complexity index is 842. The van der Waals surface area contributed by atoms with E-state index in [-0.39, 0.29) is 35.4 Å². The van der Waals surface area contributed by atoms with Crippen LogP contribution in [0.3, 0.4) is 0 Å². The molecule has 0 bridgehead atoms. The molecule has 1 heterocycles. The van der Waals surface area contributed by atoms with Crippen molar-refractivity contribution in [3.05, 3.63) is 58.8 Å². The second-order valence-corrected chi connectivity index (χ2v) is 5.24. The second kappa shape index (κ2) is 7.39. The highest BCUT2D eigenvalue weighted by atomic mass is 19.1. The molecule has 0 radical (unpaired) electrons. The zero-order valence-electron chi connectivity index (χ0n) is 13.3. The summed E-state index contributed by atoms with van der Waals surface area (Å²) in [5.74, 6) is -2.62. The van der Waals surface area contributed by atoms with Crippen molar-refractivity contribution in [3.63, 3.8) is 0 Å². The molecule has 6 N–H and O–H groups in total. The predicted octanol–water partition coefficient (Wildman–Crippen LogP) is 0.540. The van der Waals surface area contributed by atoms with E-state index < -0.39 is 11.9 Å². The van der Waals surface area contributed by atoms with Gasteiger partial charge in [0.1, 0.15) is 28.9 Å². The maximum Gasteiger partial charge on any atom is 0.352 e. The van der Waals surface area contributed by atoms with Crippen molar-refractivity contribution in [2.24, 2.45) is 10.7 Å². The number of carboxylic acid groups (broad SMARTS) is 1. The molecule has 9 heteroatoms. The van der Waals surface area contributed by atoms with E-state index in [2.05, 4.69) is 15.6 Å². The number of nitrogens with zero attached hydrogens (tertiary/aromatic N) is 1. The largest absolute Gasteiger partial charge is 0.477 e. The molecule has 0 fully saturated rings. The number of amidine groups is 1. The van der Waals surface area contributed by atoms with Crippen LogP contribution in [0.25, 0.3) is 0 Å². The molecule has 0 spiro atoms. The van der Waals surface area contributed by atoms with E-state index >= 15 is 0 Å². The van der Waals surface area contributed by atoms with Gasteiger partial charge in [0.05, 0.1) is 0 Å². The lowest BCUT2D eigenvalue weighted by Gasteiger charge is -2.15. The highest BCUT2D eigenvalue weighted by molar-refractivity contribution is 6.44. The third kappa shape index (κ3) is 4.74. The maximum atomic E-state index is 13.2. The molecule has 1 amide bonds. The smallest absolute Gasteiger partial charge is 0.352 e. The number of carbonyl (C=O) groups excluding carboxylic acids is 1. The fourth-order valence-electron chi connectivity index (χ4n) is 2.04. The number of amides is 1. The number of aliphatic carboxylic acids is 1. The molecule has 0 saturated heterocycles. The Kier molecular flexibility index (Phi) is 5.28. The van der Waals surface area contributed by atoms with Gasteiger partial charge in [0.15, 0.2) is 0 Å². The number of nitrogens with one attached hydrogen (secondary N) is 3. The van der Waals surface area contributed by atoms with Crippen LogP contribution in [-0.4, -0.2) is 28.5 Å². The maximum absolute atomic E-state index is 13.2. The summed E-state index contributed by atoms with van der Waals surface area (Å²) in [4.78, 5) is 27.3. The molecule has 0 aliphatic carbocycles. The highest BCUT2D eigenvalue weighted by Crippen LogP contribution is 2.10. The summed E-state index contributed by atoms with van der Waals surface area (Å²) >= 11 is 0. The third-order valence-electron chi connectivity index (χ3n) is 3.22. The molecule has 25 heavy (non-hydrogen) atoms. The van der Waals surface area contributed by atoms with E-state index in [1.165, 1.54) is 12.1 Å². The topological polar surface area (TPSA) is 141 Å². The van der Waals surface area contributed by atoms with E-state index in [1.54, 1.807) is 13.0 Å². The van der Waals surface area contributed by atoms with Crippen molar-refractivity contribution in [1.82, 2.24) is 10.6 Å². The molecule has 1 aliphatic heterocycles. The molecular weight excluding hydrogens is 329 g/mol. The summed E-state index contributed by atoms with van der Waals surface area (Å²) < 4.78 is 13.2. The Morgan fingerprint density at radius 1 is 1.48 bits per heavy atom. The lowest BCUT2D eigenvalue weighted by Crippen LogP contribution is -2.34. The number of carboxylic acids is 1. The van der Waals surface area contributed by atoms with Gasteiger partial charge in [-0.15, -0.1) is 0 Å². The molecule has 0 atom stereocenters. The van der Waals surface area contributed by atoms with E-state index in [0.29, 0.717) is 11.1 Å². The molecule has 0 aromatic heterocycles. The first-order valence-electron chi connectivity index (χ1n) is 7.16. The summed E-state index contributed by atoms with van der Waals surface area (Å²) in [5.41, 5.74) is 5.94. The van der Waals surface area contributed by atoms with Crippen molar-refractivity contribution in [3.8, 4) is 0 Å². The number of benzene rings is 1. The van der Waals surface area contributed by atoms with Gasteiger partial charge in [-0.25, -0.2) is 14.2 Å². The van der Waals surface area contributed by atoms with E-state index in [4.69, 9.17) is 16.2 Å². The van der Waals surface area contributed by atoms with Crippen molar-refractivity contribution < 1.29 is 19.1 Å². The van der Waals surface area contributed by atoms with Crippen molar-refractivity contribution >= 4 is 23.4 Å². The lowest BCUT2D eigenvalue weighted by molar-refractivity contribution is -0.133. The van der Waals surface area contributed by atoms with Gasteiger partial charge in [-0.3, -0.25) is 10.2 Å². The normalized spacial score (nSPS) is 15.0. The minimum absolute atomic E-state index is 0.0322. The second-order valence-electron chi connectivity index (χ2n) is 5.24. The quantitative estimate of drug-likeness (QED) is 0.391. The number of halogens is 1. The van der Waals surface area contributed by atoms with Gasteiger partial charge in [-0.2, -0.15) is 0 Å². The average molecular weight is 345 g/mol. The van der Waals surface area contributed by atoms with E-state index in [1.807, 2.05) is 0 Å². The van der Waals surface area contributed by atoms with E-state index in [0.717, 1.165) is 12.2 Å².